The molecule has 9 heteroatoms. The zero-order valence-corrected chi connectivity index (χ0v) is 16.9. The highest BCUT2D eigenvalue weighted by molar-refractivity contribution is 6.42. The summed E-state index contributed by atoms with van der Waals surface area (Å²) in [7, 11) is 0. The number of aliphatic hydroxyl groups excluding tert-OH is 1. The summed E-state index contributed by atoms with van der Waals surface area (Å²) >= 11 is 12.1. The van der Waals surface area contributed by atoms with Gasteiger partial charge in [0.2, 0.25) is 0 Å². The molecule has 1 unspecified atom stereocenters. The Kier molecular flexibility index (Phi) is 4.61. The summed E-state index contributed by atoms with van der Waals surface area (Å²) in [5, 5.41) is 19.5. The van der Waals surface area contributed by atoms with Gasteiger partial charge in [-0.3, -0.25) is 9.48 Å². The van der Waals surface area contributed by atoms with Gasteiger partial charge in [-0.15, -0.1) is 0 Å². The van der Waals surface area contributed by atoms with Crippen LogP contribution < -0.4 is 0 Å². The Morgan fingerprint density at radius 2 is 2.17 bits per heavy atom. The van der Waals surface area contributed by atoms with Crippen molar-refractivity contribution < 1.29 is 14.4 Å². The third-order valence-electron chi connectivity index (χ3n) is 5.62. The molecule has 1 amide bonds. The summed E-state index contributed by atoms with van der Waals surface area (Å²) in [6.07, 6.45) is 2.97. The monoisotopic (exact) mass is 432 g/mol. The van der Waals surface area contributed by atoms with Crippen LogP contribution in [0.5, 0.6) is 0 Å². The zero-order chi connectivity index (χ0) is 20.1. The maximum Gasteiger partial charge on any atom is 0.254 e. The van der Waals surface area contributed by atoms with Crippen molar-refractivity contribution in [3.63, 3.8) is 0 Å². The lowest BCUT2D eigenvalue weighted by Gasteiger charge is -2.27. The van der Waals surface area contributed by atoms with Gasteiger partial charge in [-0.25, -0.2) is 0 Å². The predicted molar refractivity (Wildman–Crippen MR) is 107 cm³/mol. The van der Waals surface area contributed by atoms with Gasteiger partial charge in [-0.2, -0.15) is 5.10 Å². The van der Waals surface area contributed by atoms with Gasteiger partial charge in [0.1, 0.15) is 12.0 Å². The van der Waals surface area contributed by atoms with E-state index in [0.29, 0.717) is 48.1 Å². The SMILES string of the molecule is O=C(c1ccc(Cl)c(Cl)c1)N1CCc2nn3c(c2C1)-c1nocc1CC(CO)C3. The number of aliphatic hydroxyl groups is 1. The standard InChI is InChI=1S/C20H18Cl2N4O3/c21-15-2-1-12(6-16(15)22)20(28)25-4-3-17-14(8-25)19-18-13(10-29-24-18)5-11(9-27)7-26(19)23-17/h1-2,6,10-11,27H,3-5,7-9H2. The molecule has 0 fully saturated rings. The van der Waals surface area contributed by atoms with Gasteiger partial charge in [0, 0.05) is 48.7 Å². The molecule has 0 bridgehead atoms. The Morgan fingerprint density at radius 3 is 2.97 bits per heavy atom. The molecule has 0 saturated carbocycles. The van der Waals surface area contributed by atoms with Gasteiger partial charge in [-0.05, 0) is 24.6 Å². The highest BCUT2D eigenvalue weighted by atomic mass is 35.5. The van der Waals surface area contributed by atoms with Crippen molar-refractivity contribution in [2.24, 2.45) is 5.92 Å². The largest absolute Gasteiger partial charge is 0.396 e. The molecule has 150 valence electrons. The first kappa shape index (κ1) is 18.7. The fraction of sp³-hybridized carbons (Fsp3) is 0.350. The van der Waals surface area contributed by atoms with Crippen LogP contribution in [0.25, 0.3) is 11.4 Å². The summed E-state index contributed by atoms with van der Waals surface area (Å²) in [4.78, 5) is 14.8. The van der Waals surface area contributed by atoms with Crippen LogP contribution >= 0.6 is 23.2 Å². The van der Waals surface area contributed by atoms with E-state index in [-0.39, 0.29) is 18.4 Å². The number of amides is 1. The summed E-state index contributed by atoms with van der Waals surface area (Å²) in [5.74, 6) is -0.0545. The number of benzene rings is 1. The molecule has 0 radical (unpaired) electrons. The van der Waals surface area contributed by atoms with E-state index >= 15 is 0 Å². The van der Waals surface area contributed by atoms with Crippen LogP contribution in [0.15, 0.2) is 29.0 Å². The number of aromatic nitrogens is 3. The Labute approximate surface area is 176 Å². The van der Waals surface area contributed by atoms with Crippen LogP contribution in [0, 0.1) is 5.92 Å². The van der Waals surface area contributed by atoms with Crippen LogP contribution in [0.1, 0.15) is 27.2 Å². The number of fused-ring (bicyclic) bond motifs is 5. The second kappa shape index (κ2) is 7.16. The minimum atomic E-state index is -0.101. The van der Waals surface area contributed by atoms with Gasteiger partial charge in [-0.1, -0.05) is 28.4 Å². The van der Waals surface area contributed by atoms with Crippen LogP contribution in [0.3, 0.4) is 0 Å². The Balaban J connectivity index is 1.51. The van der Waals surface area contributed by atoms with Gasteiger partial charge in [0.05, 0.1) is 28.0 Å². The summed E-state index contributed by atoms with van der Waals surface area (Å²) in [6.45, 7) is 1.67. The Morgan fingerprint density at radius 1 is 1.31 bits per heavy atom. The molecule has 7 nitrogen and oxygen atoms in total. The second-order valence-electron chi connectivity index (χ2n) is 7.50. The third-order valence-corrected chi connectivity index (χ3v) is 6.36. The van der Waals surface area contributed by atoms with Crippen LogP contribution in [-0.4, -0.2) is 44.0 Å². The maximum atomic E-state index is 13.1. The highest BCUT2D eigenvalue weighted by Gasteiger charge is 2.33. The van der Waals surface area contributed by atoms with Gasteiger partial charge in [0.25, 0.3) is 5.91 Å². The van der Waals surface area contributed by atoms with E-state index in [1.165, 1.54) is 0 Å². The lowest BCUT2D eigenvalue weighted by atomic mass is 9.99. The normalized spacial score (nSPS) is 18.0. The quantitative estimate of drug-likeness (QED) is 0.671. The Bertz CT molecular complexity index is 1110. The number of nitrogens with zero attached hydrogens (tertiary/aromatic N) is 4. The minimum Gasteiger partial charge on any atom is -0.396 e. The first-order valence-corrected chi connectivity index (χ1v) is 10.2. The van der Waals surface area contributed by atoms with E-state index in [1.807, 2.05) is 4.68 Å². The molecule has 5 rings (SSSR count). The molecule has 1 atom stereocenters. The van der Waals surface area contributed by atoms with Crippen LogP contribution in [-0.2, 0) is 25.9 Å². The van der Waals surface area contributed by atoms with Crippen molar-refractivity contribution in [2.45, 2.75) is 25.9 Å². The maximum absolute atomic E-state index is 13.1. The molecule has 29 heavy (non-hydrogen) atoms. The van der Waals surface area contributed by atoms with E-state index in [2.05, 4.69) is 5.16 Å². The molecule has 2 aliphatic heterocycles. The smallest absolute Gasteiger partial charge is 0.254 e. The van der Waals surface area contributed by atoms with Crippen molar-refractivity contribution in [3.8, 4) is 11.4 Å². The molecule has 4 heterocycles. The van der Waals surface area contributed by atoms with Gasteiger partial charge in [0.15, 0.2) is 0 Å². The van der Waals surface area contributed by atoms with Gasteiger partial charge >= 0.3 is 0 Å². The average molecular weight is 433 g/mol. The van der Waals surface area contributed by atoms with Crippen molar-refractivity contribution in [2.75, 3.05) is 13.2 Å². The molecule has 0 aliphatic carbocycles. The summed E-state index contributed by atoms with van der Waals surface area (Å²) in [6, 6.07) is 4.92. The number of rotatable bonds is 2. The van der Waals surface area contributed by atoms with E-state index in [4.69, 9.17) is 32.8 Å². The van der Waals surface area contributed by atoms with E-state index in [0.717, 1.165) is 28.2 Å². The fourth-order valence-corrected chi connectivity index (χ4v) is 4.45. The Hall–Kier alpha value is -2.35. The zero-order valence-electron chi connectivity index (χ0n) is 15.4. The molecule has 2 aliphatic rings. The topological polar surface area (TPSA) is 84.4 Å². The third kappa shape index (κ3) is 3.13. The first-order valence-electron chi connectivity index (χ1n) is 9.42. The van der Waals surface area contributed by atoms with E-state index in [1.54, 1.807) is 29.4 Å². The van der Waals surface area contributed by atoms with Crippen LogP contribution in [0.2, 0.25) is 10.0 Å². The minimum absolute atomic E-state index is 0.0460. The number of carbonyl (C=O) groups is 1. The molecule has 0 spiro atoms. The number of hydrogen-bond acceptors (Lipinski definition) is 5. The average Bonchev–Trinajstić information content (AvgIpc) is 3.28. The number of halogens is 2. The number of hydrogen-bond donors (Lipinski definition) is 1. The molecule has 3 aromatic rings. The van der Waals surface area contributed by atoms with Crippen molar-refractivity contribution >= 4 is 29.1 Å². The highest BCUT2D eigenvalue weighted by Crippen LogP contribution is 2.36. The molecule has 0 saturated heterocycles. The fourth-order valence-electron chi connectivity index (χ4n) is 4.15. The second-order valence-corrected chi connectivity index (χ2v) is 8.32. The first-order chi connectivity index (χ1) is 14.0. The molecular formula is C20H18Cl2N4O3. The van der Waals surface area contributed by atoms with E-state index < -0.39 is 0 Å². The molecule has 2 aromatic heterocycles. The molecule has 1 aromatic carbocycles. The van der Waals surface area contributed by atoms with E-state index in [9.17, 15) is 9.90 Å². The summed E-state index contributed by atoms with van der Waals surface area (Å²) in [5.41, 5.74) is 5.04. The number of carbonyl (C=O) groups excluding carboxylic acids is 1. The molecule has 1 N–H and O–H groups in total. The lowest BCUT2D eigenvalue weighted by Crippen LogP contribution is -2.36. The lowest BCUT2D eigenvalue weighted by molar-refractivity contribution is 0.0734. The van der Waals surface area contributed by atoms with Crippen LogP contribution in [0.4, 0.5) is 0 Å². The summed E-state index contributed by atoms with van der Waals surface area (Å²) < 4.78 is 7.13. The van der Waals surface area contributed by atoms with Crippen molar-refractivity contribution in [1.29, 1.82) is 0 Å². The predicted octanol–water partition coefficient (Wildman–Crippen LogP) is 3.21. The van der Waals surface area contributed by atoms with Crippen molar-refractivity contribution in [1.82, 2.24) is 19.8 Å². The molecular weight excluding hydrogens is 415 g/mol. The van der Waals surface area contributed by atoms with Gasteiger partial charge < -0.3 is 14.5 Å². The van der Waals surface area contributed by atoms with Crippen molar-refractivity contribution in [3.05, 3.63) is 56.9 Å².